The summed E-state index contributed by atoms with van der Waals surface area (Å²) in [5.41, 5.74) is 0. The van der Waals surface area contributed by atoms with Crippen LogP contribution in [0.4, 0.5) is 5.82 Å². The summed E-state index contributed by atoms with van der Waals surface area (Å²) in [5.74, 6) is 1.53. The molecule has 0 aromatic carbocycles. The molecule has 0 radical (unpaired) electrons. The number of nitrogens with zero attached hydrogens (tertiary/aromatic N) is 3. The van der Waals surface area contributed by atoms with Gasteiger partial charge in [-0.05, 0) is 31.4 Å². The van der Waals surface area contributed by atoms with Crippen molar-refractivity contribution in [1.82, 2.24) is 15.2 Å². The molecule has 1 aliphatic rings. The number of anilines is 1. The largest absolute Gasteiger partial charge is 0.354 e. The first kappa shape index (κ1) is 19.2. The Morgan fingerprint density at radius 1 is 1.12 bits per heavy atom. The van der Waals surface area contributed by atoms with E-state index in [1.54, 1.807) is 6.20 Å². The third-order valence-electron chi connectivity index (χ3n) is 4.40. The van der Waals surface area contributed by atoms with Crippen LogP contribution in [0.2, 0.25) is 0 Å². The van der Waals surface area contributed by atoms with Crippen molar-refractivity contribution in [1.29, 1.82) is 0 Å². The first-order valence-corrected chi connectivity index (χ1v) is 9.19. The fourth-order valence-electron chi connectivity index (χ4n) is 3.22. The quantitative estimate of drug-likeness (QED) is 0.821. The number of nitrogens with one attached hydrogen (secondary N) is 1. The predicted octanol–water partition coefficient (Wildman–Crippen LogP) is 2.06. The van der Waals surface area contributed by atoms with E-state index in [1.807, 2.05) is 30.0 Å². The minimum atomic E-state index is -0.0337. The summed E-state index contributed by atoms with van der Waals surface area (Å²) in [5, 5.41) is 2.97. The van der Waals surface area contributed by atoms with E-state index < -0.39 is 0 Å². The molecule has 1 fully saturated rings. The van der Waals surface area contributed by atoms with Crippen molar-refractivity contribution in [3.05, 3.63) is 24.4 Å². The first-order chi connectivity index (χ1) is 12.0. The third kappa shape index (κ3) is 6.36. The minimum absolute atomic E-state index is 0.0337. The van der Waals surface area contributed by atoms with E-state index >= 15 is 0 Å². The Morgan fingerprint density at radius 3 is 2.44 bits per heavy atom. The Labute approximate surface area is 150 Å². The molecule has 25 heavy (non-hydrogen) atoms. The molecule has 1 atom stereocenters. The van der Waals surface area contributed by atoms with Gasteiger partial charge in [0.15, 0.2) is 0 Å². The molecule has 1 aromatic rings. The second-order valence-corrected chi connectivity index (χ2v) is 7.15. The highest BCUT2D eigenvalue weighted by Gasteiger charge is 2.22. The molecule has 0 aliphatic carbocycles. The van der Waals surface area contributed by atoms with Gasteiger partial charge in [0.1, 0.15) is 5.82 Å². The number of piperazine rings is 1. The number of carbonyl (C=O) groups is 2. The Bertz CT molecular complexity index is 554. The highest BCUT2D eigenvalue weighted by molar-refractivity contribution is 5.84. The number of amides is 2. The van der Waals surface area contributed by atoms with E-state index in [1.165, 1.54) is 0 Å². The van der Waals surface area contributed by atoms with Gasteiger partial charge in [0.2, 0.25) is 11.8 Å². The van der Waals surface area contributed by atoms with Gasteiger partial charge in [0.25, 0.3) is 0 Å². The molecular formula is C19H30N4O2. The van der Waals surface area contributed by atoms with E-state index in [4.69, 9.17) is 0 Å². The molecule has 1 unspecified atom stereocenters. The number of hydrogen-bond donors (Lipinski definition) is 1. The summed E-state index contributed by atoms with van der Waals surface area (Å²) < 4.78 is 0. The van der Waals surface area contributed by atoms with E-state index in [0.717, 1.165) is 25.3 Å². The molecule has 6 nitrogen and oxygen atoms in total. The van der Waals surface area contributed by atoms with Crippen LogP contribution in [0.25, 0.3) is 0 Å². The molecule has 2 rings (SSSR count). The fourth-order valence-corrected chi connectivity index (χ4v) is 3.22. The zero-order chi connectivity index (χ0) is 18.2. The SMILES string of the molecule is CC(C)CC(C)NC(=O)CCC(=O)N1CCN(c2ccccn2)CC1. The second-order valence-electron chi connectivity index (χ2n) is 7.15. The summed E-state index contributed by atoms with van der Waals surface area (Å²) in [7, 11) is 0. The maximum atomic E-state index is 12.3. The highest BCUT2D eigenvalue weighted by atomic mass is 16.2. The smallest absolute Gasteiger partial charge is 0.223 e. The van der Waals surface area contributed by atoms with Crippen LogP contribution in [-0.4, -0.2) is 53.9 Å². The van der Waals surface area contributed by atoms with Gasteiger partial charge in [0.05, 0.1) is 0 Å². The average molecular weight is 346 g/mol. The molecule has 138 valence electrons. The van der Waals surface area contributed by atoms with Gasteiger partial charge in [-0.25, -0.2) is 4.98 Å². The maximum Gasteiger partial charge on any atom is 0.223 e. The van der Waals surface area contributed by atoms with Gasteiger partial charge in [-0.15, -0.1) is 0 Å². The number of hydrogen-bond acceptors (Lipinski definition) is 4. The fraction of sp³-hybridized carbons (Fsp3) is 0.632. The summed E-state index contributed by atoms with van der Waals surface area (Å²) in [6, 6.07) is 6.01. The zero-order valence-electron chi connectivity index (χ0n) is 15.6. The standard InChI is InChI=1S/C19H30N4O2/c1-15(2)14-16(3)21-18(24)7-8-19(25)23-12-10-22(11-13-23)17-6-4-5-9-20-17/h4-6,9,15-16H,7-8,10-14H2,1-3H3,(H,21,24). The molecule has 1 saturated heterocycles. The minimum Gasteiger partial charge on any atom is -0.354 e. The van der Waals surface area contributed by atoms with E-state index in [9.17, 15) is 9.59 Å². The van der Waals surface area contributed by atoms with Crippen molar-refractivity contribution < 1.29 is 9.59 Å². The van der Waals surface area contributed by atoms with Crippen LogP contribution in [0.1, 0.15) is 40.0 Å². The lowest BCUT2D eigenvalue weighted by Crippen LogP contribution is -2.49. The zero-order valence-corrected chi connectivity index (χ0v) is 15.6. The van der Waals surface area contributed by atoms with Gasteiger partial charge in [-0.3, -0.25) is 9.59 Å². The van der Waals surface area contributed by atoms with Crippen LogP contribution in [0, 0.1) is 5.92 Å². The van der Waals surface area contributed by atoms with Crippen molar-refractivity contribution >= 4 is 17.6 Å². The van der Waals surface area contributed by atoms with Crippen molar-refractivity contribution in [3.8, 4) is 0 Å². The molecule has 0 saturated carbocycles. The van der Waals surface area contributed by atoms with Gasteiger partial charge in [-0.1, -0.05) is 19.9 Å². The third-order valence-corrected chi connectivity index (χ3v) is 4.40. The van der Waals surface area contributed by atoms with E-state index in [-0.39, 0.29) is 30.7 Å². The summed E-state index contributed by atoms with van der Waals surface area (Å²) in [6.07, 6.45) is 3.28. The van der Waals surface area contributed by atoms with Crippen LogP contribution in [0.15, 0.2) is 24.4 Å². The molecule has 1 N–H and O–H groups in total. The molecule has 6 heteroatoms. The normalized spacial score (nSPS) is 16.0. The Hall–Kier alpha value is -2.11. The molecule has 1 aromatic heterocycles. The highest BCUT2D eigenvalue weighted by Crippen LogP contribution is 2.13. The molecule has 0 bridgehead atoms. The average Bonchev–Trinajstić information content (AvgIpc) is 2.60. The van der Waals surface area contributed by atoms with Crippen molar-refractivity contribution in [3.63, 3.8) is 0 Å². The summed E-state index contributed by atoms with van der Waals surface area (Å²) >= 11 is 0. The summed E-state index contributed by atoms with van der Waals surface area (Å²) in [4.78, 5) is 32.7. The lowest BCUT2D eigenvalue weighted by Gasteiger charge is -2.35. The molecule has 2 heterocycles. The van der Waals surface area contributed by atoms with E-state index in [2.05, 4.69) is 29.0 Å². The Morgan fingerprint density at radius 2 is 1.84 bits per heavy atom. The van der Waals surface area contributed by atoms with Crippen molar-refractivity contribution in [2.75, 3.05) is 31.1 Å². The molecule has 0 spiro atoms. The lowest BCUT2D eigenvalue weighted by molar-refractivity contribution is -0.134. The van der Waals surface area contributed by atoms with Gasteiger partial charge >= 0.3 is 0 Å². The molecule has 2 amide bonds. The molecular weight excluding hydrogens is 316 g/mol. The number of rotatable bonds is 7. The predicted molar refractivity (Wildman–Crippen MR) is 99.3 cm³/mol. The lowest BCUT2D eigenvalue weighted by atomic mass is 10.1. The van der Waals surface area contributed by atoms with Crippen molar-refractivity contribution in [2.45, 2.75) is 46.1 Å². The number of carbonyl (C=O) groups excluding carboxylic acids is 2. The van der Waals surface area contributed by atoms with Crippen molar-refractivity contribution in [2.24, 2.45) is 5.92 Å². The van der Waals surface area contributed by atoms with Crippen LogP contribution in [-0.2, 0) is 9.59 Å². The van der Waals surface area contributed by atoms with Crippen LogP contribution in [0.3, 0.4) is 0 Å². The van der Waals surface area contributed by atoms with Gasteiger partial charge in [0, 0.05) is 51.3 Å². The first-order valence-electron chi connectivity index (χ1n) is 9.19. The number of aromatic nitrogens is 1. The van der Waals surface area contributed by atoms with Crippen LogP contribution >= 0.6 is 0 Å². The summed E-state index contributed by atoms with van der Waals surface area (Å²) in [6.45, 7) is 9.20. The maximum absolute atomic E-state index is 12.3. The van der Waals surface area contributed by atoms with E-state index in [0.29, 0.717) is 19.0 Å². The van der Waals surface area contributed by atoms with Gasteiger partial charge in [-0.2, -0.15) is 0 Å². The Kier molecular flexibility index (Phi) is 7.22. The van der Waals surface area contributed by atoms with Crippen LogP contribution in [0.5, 0.6) is 0 Å². The topological polar surface area (TPSA) is 65.5 Å². The Balaban J connectivity index is 1.69. The number of pyridine rings is 1. The van der Waals surface area contributed by atoms with Crippen LogP contribution < -0.4 is 10.2 Å². The molecule has 1 aliphatic heterocycles. The second kappa shape index (κ2) is 9.39. The van der Waals surface area contributed by atoms with Gasteiger partial charge < -0.3 is 15.1 Å². The monoisotopic (exact) mass is 346 g/mol.